The van der Waals surface area contributed by atoms with Crippen LogP contribution in [0.4, 0.5) is 0 Å². The molecule has 24 heavy (non-hydrogen) atoms. The van der Waals surface area contributed by atoms with Crippen LogP contribution in [0.2, 0.25) is 0 Å². The Morgan fingerprint density at radius 1 is 1.38 bits per heavy atom. The van der Waals surface area contributed by atoms with Crippen LogP contribution in [0.5, 0.6) is 0 Å². The number of carboxylic acids is 1. The fourth-order valence-corrected chi connectivity index (χ4v) is 3.55. The van der Waals surface area contributed by atoms with E-state index in [-0.39, 0.29) is 18.0 Å². The molecule has 0 saturated heterocycles. The zero-order valence-corrected chi connectivity index (χ0v) is 15.2. The van der Waals surface area contributed by atoms with Crippen LogP contribution in [0, 0.1) is 12.3 Å². The van der Waals surface area contributed by atoms with Crippen molar-refractivity contribution in [1.29, 1.82) is 0 Å². The van der Waals surface area contributed by atoms with Gasteiger partial charge in [0.25, 0.3) is 11.5 Å². The lowest BCUT2D eigenvalue weighted by Crippen LogP contribution is -2.36. The Kier molecular flexibility index (Phi) is 4.54. The molecule has 0 atom stereocenters. The lowest BCUT2D eigenvalue weighted by molar-refractivity contribution is -0.147. The van der Waals surface area contributed by atoms with Crippen LogP contribution in [-0.2, 0) is 11.3 Å². The first-order valence-electron chi connectivity index (χ1n) is 7.54. The maximum absolute atomic E-state index is 13.0. The second-order valence-electron chi connectivity index (χ2n) is 6.81. The molecule has 0 spiro atoms. The highest BCUT2D eigenvalue weighted by atomic mass is 32.1. The normalized spacial score (nSPS) is 12.1. The molecule has 0 unspecified atom stereocenters. The molecule has 2 aromatic heterocycles. The average molecular weight is 351 g/mol. The van der Waals surface area contributed by atoms with E-state index >= 15 is 0 Å². The number of amides is 1. The van der Waals surface area contributed by atoms with E-state index < -0.39 is 17.3 Å². The number of rotatable bonds is 5. The first-order valence-corrected chi connectivity index (χ1v) is 8.36. The van der Waals surface area contributed by atoms with E-state index in [9.17, 15) is 19.5 Å². The summed E-state index contributed by atoms with van der Waals surface area (Å²) in [5, 5.41) is 9.71. The fraction of sp³-hybridized carbons (Fsp3) is 0.500. The summed E-state index contributed by atoms with van der Waals surface area (Å²) < 4.78 is 1.41. The lowest BCUT2D eigenvalue weighted by atomic mass is 9.93. The third-order valence-electron chi connectivity index (χ3n) is 3.95. The Balaban J connectivity index is 2.82. The molecule has 0 aliphatic rings. The van der Waals surface area contributed by atoms with Gasteiger partial charge in [-0.25, -0.2) is 4.98 Å². The van der Waals surface area contributed by atoms with Gasteiger partial charge in [-0.1, -0.05) is 13.8 Å². The van der Waals surface area contributed by atoms with Crippen LogP contribution in [0.25, 0.3) is 10.2 Å². The highest BCUT2D eigenvalue weighted by Crippen LogP contribution is 2.29. The minimum atomic E-state index is -1.13. The van der Waals surface area contributed by atoms with Crippen molar-refractivity contribution in [2.45, 2.75) is 47.1 Å². The second kappa shape index (κ2) is 6.01. The Labute approximate surface area is 143 Å². The number of aryl methyl sites for hydroxylation is 1. The molecule has 0 radical (unpaired) electrons. The molecule has 7 nitrogen and oxygen atoms in total. The van der Waals surface area contributed by atoms with Crippen LogP contribution >= 0.6 is 11.3 Å². The first-order chi connectivity index (χ1) is 11.0. The molecule has 0 saturated carbocycles. The van der Waals surface area contributed by atoms with E-state index in [2.05, 4.69) is 4.98 Å². The summed E-state index contributed by atoms with van der Waals surface area (Å²) in [5.74, 6) is -1.17. The summed E-state index contributed by atoms with van der Waals surface area (Å²) in [6.45, 7) is 8.54. The maximum Gasteiger partial charge on any atom is 0.310 e. The van der Waals surface area contributed by atoms with Gasteiger partial charge in [-0.2, -0.15) is 0 Å². The quantitative estimate of drug-likeness (QED) is 0.856. The molecule has 0 aliphatic carbocycles. The highest BCUT2D eigenvalue weighted by molar-refractivity contribution is 7.20. The fourth-order valence-electron chi connectivity index (χ4n) is 2.52. The summed E-state index contributed by atoms with van der Waals surface area (Å²) in [6.07, 6.45) is 0. The van der Waals surface area contributed by atoms with E-state index in [0.717, 1.165) is 11.3 Å². The predicted octanol–water partition coefficient (Wildman–Crippen LogP) is 2.10. The summed E-state index contributed by atoms with van der Waals surface area (Å²) in [4.78, 5) is 41.3. The van der Waals surface area contributed by atoms with Gasteiger partial charge >= 0.3 is 5.97 Å². The molecule has 2 rings (SSSR count). The Morgan fingerprint density at radius 2 is 1.96 bits per heavy atom. The number of carbonyl (C=O) groups excluding carboxylic acids is 1. The highest BCUT2D eigenvalue weighted by Gasteiger charge is 2.31. The van der Waals surface area contributed by atoms with Gasteiger partial charge in [-0.05, 0) is 26.3 Å². The second-order valence-corrected chi connectivity index (χ2v) is 7.80. The van der Waals surface area contributed by atoms with Crippen molar-refractivity contribution in [3.05, 3.63) is 26.6 Å². The van der Waals surface area contributed by atoms with E-state index in [4.69, 9.17) is 5.73 Å². The monoisotopic (exact) mass is 351 g/mol. The van der Waals surface area contributed by atoms with Crippen molar-refractivity contribution >= 4 is 33.4 Å². The molecular weight excluding hydrogens is 330 g/mol. The van der Waals surface area contributed by atoms with Crippen molar-refractivity contribution in [2.75, 3.05) is 0 Å². The Bertz CT molecular complexity index is 893. The van der Waals surface area contributed by atoms with Crippen molar-refractivity contribution in [3.8, 4) is 0 Å². The summed E-state index contributed by atoms with van der Waals surface area (Å²) in [7, 11) is 0. The Morgan fingerprint density at radius 3 is 2.42 bits per heavy atom. The van der Waals surface area contributed by atoms with Gasteiger partial charge in [0.2, 0.25) is 0 Å². The zero-order chi connectivity index (χ0) is 18.4. The number of primary amides is 1. The van der Waals surface area contributed by atoms with Gasteiger partial charge in [0.1, 0.15) is 10.7 Å². The van der Waals surface area contributed by atoms with Crippen LogP contribution in [0.1, 0.15) is 54.7 Å². The minimum absolute atomic E-state index is 0.00118. The maximum atomic E-state index is 13.0. The molecule has 3 N–H and O–H groups in total. The third kappa shape index (κ3) is 2.93. The topological polar surface area (TPSA) is 115 Å². The number of fused-ring (bicyclic) bond motifs is 1. The minimum Gasteiger partial charge on any atom is -0.481 e. The predicted molar refractivity (Wildman–Crippen MR) is 92.6 cm³/mol. The van der Waals surface area contributed by atoms with Gasteiger partial charge < -0.3 is 10.8 Å². The number of carbonyl (C=O) groups is 2. The first kappa shape index (κ1) is 18.1. The van der Waals surface area contributed by atoms with Crippen LogP contribution in [0.3, 0.4) is 0 Å². The molecule has 0 fully saturated rings. The van der Waals surface area contributed by atoms with Crippen LogP contribution in [0.15, 0.2) is 4.79 Å². The number of aliphatic carboxylic acids is 1. The lowest BCUT2D eigenvalue weighted by Gasteiger charge is -2.23. The molecule has 2 heterocycles. The SMILES string of the molecule is Cc1c(C(N)=O)sc2nc(C(C)C)n(CC(C)(C)C(=O)O)c(=O)c12. The van der Waals surface area contributed by atoms with Crippen LogP contribution in [-0.4, -0.2) is 26.5 Å². The summed E-state index contributed by atoms with van der Waals surface area (Å²) in [5.41, 5.74) is 4.40. The average Bonchev–Trinajstić information content (AvgIpc) is 2.78. The number of aromatic nitrogens is 2. The molecule has 1 amide bonds. The van der Waals surface area contributed by atoms with Gasteiger partial charge in [0.15, 0.2) is 0 Å². The number of nitrogens with two attached hydrogens (primary N) is 1. The van der Waals surface area contributed by atoms with Gasteiger partial charge in [0, 0.05) is 12.5 Å². The molecule has 8 heteroatoms. The summed E-state index contributed by atoms with van der Waals surface area (Å²) >= 11 is 1.10. The smallest absolute Gasteiger partial charge is 0.310 e. The number of carboxylic acid groups (broad SMARTS) is 1. The van der Waals surface area contributed by atoms with Crippen molar-refractivity contribution in [1.82, 2.24) is 9.55 Å². The molecular formula is C16H21N3O4S. The van der Waals surface area contributed by atoms with Crippen molar-refractivity contribution < 1.29 is 14.7 Å². The largest absolute Gasteiger partial charge is 0.481 e. The standard InChI is InChI=1S/C16H21N3O4S/c1-7(2)12-18-13-9(8(3)10(24-13)11(17)20)14(21)19(12)6-16(4,5)15(22)23/h7H,6H2,1-5H3,(H2,17,20)(H,22,23). The number of thiophene rings is 1. The van der Waals surface area contributed by atoms with Crippen molar-refractivity contribution in [2.24, 2.45) is 11.1 Å². The third-order valence-corrected chi connectivity index (χ3v) is 5.15. The van der Waals surface area contributed by atoms with Gasteiger partial charge in [-0.3, -0.25) is 19.0 Å². The summed E-state index contributed by atoms with van der Waals surface area (Å²) in [6, 6.07) is 0. The zero-order valence-electron chi connectivity index (χ0n) is 14.3. The number of nitrogens with zero attached hydrogens (tertiary/aromatic N) is 2. The molecule has 0 aromatic carbocycles. The van der Waals surface area contributed by atoms with E-state index in [1.807, 2.05) is 13.8 Å². The van der Waals surface area contributed by atoms with Crippen LogP contribution < -0.4 is 11.3 Å². The molecule has 130 valence electrons. The van der Waals surface area contributed by atoms with Gasteiger partial charge in [0.05, 0.1) is 15.7 Å². The van der Waals surface area contributed by atoms with Crippen molar-refractivity contribution in [3.63, 3.8) is 0 Å². The Hall–Kier alpha value is -2.22. The molecule has 0 aliphatic heterocycles. The van der Waals surface area contributed by atoms with E-state index in [1.54, 1.807) is 20.8 Å². The van der Waals surface area contributed by atoms with E-state index in [0.29, 0.717) is 26.5 Å². The number of hydrogen-bond acceptors (Lipinski definition) is 5. The number of hydrogen-bond donors (Lipinski definition) is 2. The molecule has 2 aromatic rings. The van der Waals surface area contributed by atoms with Gasteiger partial charge in [-0.15, -0.1) is 11.3 Å². The molecule has 0 bridgehead atoms. The van der Waals surface area contributed by atoms with E-state index in [1.165, 1.54) is 4.57 Å².